The molecule has 0 saturated heterocycles. The first-order valence-corrected chi connectivity index (χ1v) is 5.79. The van der Waals surface area contributed by atoms with Crippen molar-refractivity contribution in [2.24, 2.45) is 0 Å². The molecule has 0 fully saturated rings. The molecule has 2 aromatic rings. The number of benzene rings is 1. The molecule has 0 aliphatic rings. The van der Waals surface area contributed by atoms with Gasteiger partial charge in [-0.3, -0.25) is 0 Å². The number of aromatic nitrogens is 1. The Morgan fingerprint density at radius 3 is 2.71 bits per heavy atom. The van der Waals surface area contributed by atoms with E-state index in [1.807, 2.05) is 6.07 Å². The first kappa shape index (κ1) is 14.4. The number of halogens is 2. The van der Waals surface area contributed by atoms with Crippen molar-refractivity contribution in [3.05, 3.63) is 52.7 Å². The summed E-state index contributed by atoms with van der Waals surface area (Å²) in [6, 6.07) is 5.08. The summed E-state index contributed by atoms with van der Waals surface area (Å²) in [5.41, 5.74) is -0.132. The molecule has 106 valence electrons. The number of nitriles is 1. The molecule has 0 bridgehead atoms. The number of carbonyl (C=O) groups is 1. The Hall–Kier alpha value is -3.01. The summed E-state index contributed by atoms with van der Waals surface area (Å²) >= 11 is 0. The molecule has 7 heteroatoms. The fourth-order valence-electron chi connectivity index (χ4n) is 1.74. The van der Waals surface area contributed by atoms with Crippen LogP contribution in [0.2, 0.25) is 0 Å². The molecule has 1 aromatic heterocycles. The van der Waals surface area contributed by atoms with Crippen LogP contribution in [0.1, 0.15) is 21.5 Å². The highest BCUT2D eigenvalue weighted by atomic mass is 19.2. The number of nitrogens with zero attached hydrogens (tertiary/aromatic N) is 2. The van der Waals surface area contributed by atoms with Crippen molar-refractivity contribution in [3.63, 3.8) is 0 Å². The van der Waals surface area contributed by atoms with E-state index in [0.29, 0.717) is 11.1 Å². The van der Waals surface area contributed by atoms with Crippen molar-refractivity contribution < 1.29 is 18.7 Å². The fraction of sp³-hybridized carbons (Fsp3) is 0.0714. The number of hydrogen-bond acceptors (Lipinski definition) is 4. The van der Waals surface area contributed by atoms with E-state index in [-0.39, 0.29) is 5.82 Å². The predicted octanol–water partition coefficient (Wildman–Crippen LogP) is 2.98. The Balaban J connectivity index is 2.51. The second-order valence-electron chi connectivity index (χ2n) is 4.22. The molecule has 21 heavy (non-hydrogen) atoms. The van der Waals surface area contributed by atoms with Gasteiger partial charge in [-0.2, -0.15) is 5.26 Å². The maximum absolute atomic E-state index is 13.8. The summed E-state index contributed by atoms with van der Waals surface area (Å²) in [6.07, 6.45) is 1.24. The van der Waals surface area contributed by atoms with Gasteiger partial charge in [0.25, 0.3) is 0 Å². The standard InChI is InChI=1S/C14H9F2N3O2/c1-7-4-8(5-17)6-18-13(7)19-12-9(14(20)21)2-3-10(15)11(12)16/h2-4,6H,1H3,(H,18,19)(H,20,21). The van der Waals surface area contributed by atoms with E-state index in [4.69, 9.17) is 10.4 Å². The van der Waals surface area contributed by atoms with Gasteiger partial charge in [-0.25, -0.2) is 18.6 Å². The average molecular weight is 289 g/mol. The maximum atomic E-state index is 13.8. The van der Waals surface area contributed by atoms with E-state index in [0.717, 1.165) is 12.1 Å². The molecule has 0 atom stereocenters. The van der Waals surface area contributed by atoms with E-state index in [2.05, 4.69) is 10.3 Å². The summed E-state index contributed by atoms with van der Waals surface area (Å²) < 4.78 is 27.1. The van der Waals surface area contributed by atoms with Crippen LogP contribution in [0.4, 0.5) is 20.3 Å². The van der Waals surface area contributed by atoms with Crippen LogP contribution in [0.25, 0.3) is 0 Å². The topological polar surface area (TPSA) is 86.0 Å². The van der Waals surface area contributed by atoms with Crippen LogP contribution in [0, 0.1) is 29.9 Å². The molecular weight excluding hydrogens is 280 g/mol. The van der Waals surface area contributed by atoms with Crippen LogP contribution in [0.15, 0.2) is 24.4 Å². The smallest absolute Gasteiger partial charge is 0.337 e. The van der Waals surface area contributed by atoms with Crippen molar-refractivity contribution >= 4 is 17.5 Å². The van der Waals surface area contributed by atoms with Crippen LogP contribution in [0.5, 0.6) is 0 Å². The van der Waals surface area contributed by atoms with Gasteiger partial charge in [0.1, 0.15) is 11.9 Å². The normalized spacial score (nSPS) is 10.0. The third-order valence-electron chi connectivity index (χ3n) is 2.78. The molecule has 2 rings (SSSR count). The monoisotopic (exact) mass is 289 g/mol. The molecule has 0 aliphatic carbocycles. The quantitative estimate of drug-likeness (QED) is 0.907. The lowest BCUT2D eigenvalue weighted by molar-refractivity contribution is 0.0697. The molecule has 0 unspecified atom stereocenters. The average Bonchev–Trinajstić information content (AvgIpc) is 2.45. The van der Waals surface area contributed by atoms with Crippen molar-refractivity contribution in [2.75, 3.05) is 5.32 Å². The molecule has 0 aliphatic heterocycles. The molecular formula is C14H9F2N3O2. The molecule has 1 heterocycles. The van der Waals surface area contributed by atoms with E-state index in [9.17, 15) is 13.6 Å². The fourth-order valence-corrected chi connectivity index (χ4v) is 1.74. The first-order chi connectivity index (χ1) is 9.93. The highest BCUT2D eigenvalue weighted by Crippen LogP contribution is 2.27. The summed E-state index contributed by atoms with van der Waals surface area (Å²) in [4.78, 5) is 15.0. The third kappa shape index (κ3) is 2.79. The Morgan fingerprint density at radius 1 is 1.43 bits per heavy atom. The number of nitrogens with one attached hydrogen (secondary N) is 1. The second kappa shape index (κ2) is 5.54. The molecule has 2 N–H and O–H groups in total. The molecule has 5 nitrogen and oxygen atoms in total. The third-order valence-corrected chi connectivity index (χ3v) is 2.78. The van der Waals surface area contributed by atoms with Crippen molar-refractivity contribution in [3.8, 4) is 6.07 Å². The number of pyridine rings is 1. The van der Waals surface area contributed by atoms with Gasteiger partial charge in [0, 0.05) is 6.20 Å². The minimum atomic E-state index is -1.40. The van der Waals surface area contributed by atoms with Crippen LogP contribution in [-0.4, -0.2) is 16.1 Å². The lowest BCUT2D eigenvalue weighted by Gasteiger charge is -2.12. The lowest BCUT2D eigenvalue weighted by atomic mass is 10.1. The van der Waals surface area contributed by atoms with Gasteiger partial charge in [-0.1, -0.05) is 0 Å². The molecule has 0 amide bonds. The zero-order valence-electron chi connectivity index (χ0n) is 10.8. The van der Waals surface area contributed by atoms with Crippen LogP contribution in [0.3, 0.4) is 0 Å². The predicted molar refractivity (Wildman–Crippen MR) is 70.3 cm³/mol. The van der Waals surface area contributed by atoms with Gasteiger partial charge in [-0.15, -0.1) is 0 Å². The molecule has 1 aromatic carbocycles. The Labute approximate surface area is 118 Å². The first-order valence-electron chi connectivity index (χ1n) is 5.79. The lowest BCUT2D eigenvalue weighted by Crippen LogP contribution is -2.08. The number of aryl methyl sites for hydroxylation is 1. The number of hydrogen-bond donors (Lipinski definition) is 2. The van der Waals surface area contributed by atoms with Crippen LogP contribution in [-0.2, 0) is 0 Å². The molecule has 0 spiro atoms. The zero-order chi connectivity index (χ0) is 15.6. The highest BCUT2D eigenvalue weighted by Gasteiger charge is 2.19. The summed E-state index contributed by atoms with van der Waals surface area (Å²) in [5.74, 6) is -3.74. The minimum Gasteiger partial charge on any atom is -0.478 e. The van der Waals surface area contributed by atoms with Gasteiger partial charge in [0.2, 0.25) is 0 Å². The van der Waals surface area contributed by atoms with Gasteiger partial charge in [-0.05, 0) is 30.7 Å². The highest BCUT2D eigenvalue weighted by molar-refractivity contribution is 5.95. The van der Waals surface area contributed by atoms with E-state index >= 15 is 0 Å². The Bertz CT molecular complexity index is 770. The summed E-state index contributed by atoms with van der Waals surface area (Å²) in [6.45, 7) is 1.60. The largest absolute Gasteiger partial charge is 0.478 e. The van der Waals surface area contributed by atoms with E-state index in [1.165, 1.54) is 12.3 Å². The van der Waals surface area contributed by atoms with Crippen LogP contribution < -0.4 is 5.32 Å². The summed E-state index contributed by atoms with van der Waals surface area (Å²) in [5, 5.41) is 20.2. The number of aromatic carboxylic acids is 1. The van der Waals surface area contributed by atoms with Crippen molar-refractivity contribution in [1.82, 2.24) is 4.98 Å². The van der Waals surface area contributed by atoms with Crippen molar-refractivity contribution in [2.45, 2.75) is 6.92 Å². The van der Waals surface area contributed by atoms with Gasteiger partial charge < -0.3 is 10.4 Å². The minimum absolute atomic E-state index is 0.140. The zero-order valence-corrected chi connectivity index (χ0v) is 10.8. The van der Waals surface area contributed by atoms with Gasteiger partial charge >= 0.3 is 5.97 Å². The van der Waals surface area contributed by atoms with E-state index < -0.39 is 28.9 Å². The Morgan fingerprint density at radius 2 is 2.14 bits per heavy atom. The number of carboxylic acids is 1. The number of rotatable bonds is 3. The van der Waals surface area contributed by atoms with Gasteiger partial charge in [0.15, 0.2) is 11.6 Å². The number of anilines is 2. The van der Waals surface area contributed by atoms with Gasteiger partial charge in [0.05, 0.1) is 16.8 Å². The van der Waals surface area contributed by atoms with Crippen LogP contribution >= 0.6 is 0 Å². The maximum Gasteiger partial charge on any atom is 0.337 e. The molecule has 0 radical (unpaired) electrons. The molecule has 0 saturated carbocycles. The SMILES string of the molecule is Cc1cc(C#N)cnc1Nc1c(C(=O)O)ccc(F)c1F. The van der Waals surface area contributed by atoms with E-state index in [1.54, 1.807) is 6.92 Å². The number of carboxylic acid groups (broad SMARTS) is 1. The Kier molecular flexibility index (Phi) is 3.80. The second-order valence-corrected chi connectivity index (χ2v) is 4.22. The summed E-state index contributed by atoms with van der Waals surface area (Å²) in [7, 11) is 0. The van der Waals surface area contributed by atoms with Crippen molar-refractivity contribution in [1.29, 1.82) is 5.26 Å².